The van der Waals surface area contributed by atoms with E-state index in [1.807, 2.05) is 4.90 Å². The molecule has 1 N–H and O–H groups in total. The Bertz CT molecular complexity index is 434. The summed E-state index contributed by atoms with van der Waals surface area (Å²) in [6.45, 7) is 8.02. The van der Waals surface area contributed by atoms with Gasteiger partial charge in [-0.05, 0) is 32.8 Å². The highest BCUT2D eigenvalue weighted by molar-refractivity contribution is 5.76. The van der Waals surface area contributed by atoms with Crippen LogP contribution in [0.2, 0.25) is 0 Å². The van der Waals surface area contributed by atoms with Crippen LogP contribution in [0.25, 0.3) is 0 Å². The first-order chi connectivity index (χ1) is 9.04. The van der Waals surface area contributed by atoms with Gasteiger partial charge in [-0.25, -0.2) is 0 Å². The minimum absolute atomic E-state index is 0.279. The minimum Gasteiger partial charge on any atom is -0.340 e. The molecular formula is C16H24N2O. The van der Waals surface area contributed by atoms with Crippen LogP contribution in [0.15, 0.2) is 24.3 Å². The number of carbonyl (C=O) groups is 1. The fourth-order valence-corrected chi connectivity index (χ4v) is 2.81. The predicted octanol–water partition coefficient (Wildman–Crippen LogP) is 2.14. The lowest BCUT2D eigenvalue weighted by Crippen LogP contribution is -2.55. The van der Waals surface area contributed by atoms with Gasteiger partial charge in [-0.15, -0.1) is 0 Å². The van der Waals surface area contributed by atoms with E-state index >= 15 is 0 Å². The molecule has 0 radical (unpaired) electrons. The van der Waals surface area contributed by atoms with E-state index in [-0.39, 0.29) is 5.91 Å². The molecule has 3 nitrogen and oxygen atoms in total. The third kappa shape index (κ3) is 4.06. The smallest absolute Gasteiger partial charge is 0.223 e. The highest BCUT2D eigenvalue weighted by Crippen LogP contribution is 2.10. The normalized spacial score (nSPS) is 23.4. The van der Waals surface area contributed by atoms with E-state index in [0.29, 0.717) is 18.5 Å². The molecule has 19 heavy (non-hydrogen) atoms. The zero-order valence-corrected chi connectivity index (χ0v) is 12.1. The molecule has 1 amide bonds. The van der Waals surface area contributed by atoms with Gasteiger partial charge >= 0.3 is 0 Å². The summed E-state index contributed by atoms with van der Waals surface area (Å²) in [5, 5.41) is 3.45. The zero-order chi connectivity index (χ0) is 13.8. The lowest BCUT2D eigenvalue weighted by Gasteiger charge is -2.36. The number of hydrogen-bond acceptors (Lipinski definition) is 2. The van der Waals surface area contributed by atoms with Crippen LogP contribution in [0.4, 0.5) is 0 Å². The van der Waals surface area contributed by atoms with Gasteiger partial charge in [0, 0.05) is 31.6 Å². The van der Waals surface area contributed by atoms with E-state index in [0.717, 1.165) is 19.5 Å². The fourth-order valence-electron chi connectivity index (χ4n) is 2.81. The molecule has 2 atom stereocenters. The molecule has 1 aromatic carbocycles. The maximum absolute atomic E-state index is 12.2. The van der Waals surface area contributed by atoms with Crippen molar-refractivity contribution >= 4 is 5.91 Å². The summed E-state index contributed by atoms with van der Waals surface area (Å²) < 4.78 is 0. The van der Waals surface area contributed by atoms with E-state index in [1.54, 1.807) is 0 Å². The van der Waals surface area contributed by atoms with Crippen molar-refractivity contribution in [1.29, 1.82) is 0 Å². The van der Waals surface area contributed by atoms with E-state index in [1.165, 1.54) is 11.1 Å². The molecule has 1 aliphatic rings. The number of nitrogens with zero attached hydrogens (tertiary/aromatic N) is 1. The highest BCUT2D eigenvalue weighted by atomic mass is 16.2. The number of hydrogen-bond donors (Lipinski definition) is 1. The number of benzene rings is 1. The van der Waals surface area contributed by atoms with Gasteiger partial charge in [-0.2, -0.15) is 0 Å². The molecule has 0 aromatic heterocycles. The molecular weight excluding hydrogens is 236 g/mol. The molecule has 1 aliphatic heterocycles. The molecule has 1 fully saturated rings. The number of aryl methyl sites for hydroxylation is 2. The van der Waals surface area contributed by atoms with Gasteiger partial charge in [-0.3, -0.25) is 4.79 Å². The number of nitrogens with one attached hydrogen (secondary N) is 1. The Kier molecular flexibility index (Phi) is 4.59. The van der Waals surface area contributed by atoms with Crippen molar-refractivity contribution < 1.29 is 4.79 Å². The topological polar surface area (TPSA) is 32.3 Å². The Morgan fingerprint density at radius 2 is 2.00 bits per heavy atom. The average Bonchev–Trinajstić information content (AvgIpc) is 2.35. The second kappa shape index (κ2) is 6.20. The second-order valence-electron chi connectivity index (χ2n) is 5.76. The molecule has 3 heteroatoms. The third-order valence-electron chi connectivity index (χ3n) is 3.62. The second-order valence-corrected chi connectivity index (χ2v) is 5.76. The molecule has 0 saturated carbocycles. The van der Waals surface area contributed by atoms with Gasteiger partial charge in [0.05, 0.1) is 0 Å². The maximum atomic E-state index is 12.2. The Morgan fingerprint density at radius 3 is 2.63 bits per heavy atom. The van der Waals surface area contributed by atoms with Crippen LogP contribution in [0.5, 0.6) is 0 Å². The summed E-state index contributed by atoms with van der Waals surface area (Å²) >= 11 is 0. The van der Waals surface area contributed by atoms with E-state index in [2.05, 4.69) is 50.4 Å². The van der Waals surface area contributed by atoms with Crippen molar-refractivity contribution in [2.45, 2.75) is 45.7 Å². The van der Waals surface area contributed by atoms with Crippen molar-refractivity contribution in [3.63, 3.8) is 0 Å². The van der Waals surface area contributed by atoms with Gasteiger partial charge in [-0.1, -0.05) is 29.8 Å². The Labute approximate surface area is 116 Å². The summed E-state index contributed by atoms with van der Waals surface area (Å²) in [7, 11) is 0. The van der Waals surface area contributed by atoms with Gasteiger partial charge < -0.3 is 10.2 Å². The Morgan fingerprint density at radius 1 is 1.32 bits per heavy atom. The van der Waals surface area contributed by atoms with Crippen molar-refractivity contribution in [2.24, 2.45) is 0 Å². The minimum atomic E-state index is 0.279. The molecule has 0 unspecified atom stereocenters. The molecule has 1 saturated heterocycles. The Balaban J connectivity index is 1.87. The van der Waals surface area contributed by atoms with Crippen LogP contribution < -0.4 is 5.32 Å². The zero-order valence-electron chi connectivity index (χ0n) is 12.1. The summed E-state index contributed by atoms with van der Waals surface area (Å²) in [5.74, 6) is 0.279. The monoisotopic (exact) mass is 260 g/mol. The van der Waals surface area contributed by atoms with Crippen molar-refractivity contribution in [3.8, 4) is 0 Å². The quantitative estimate of drug-likeness (QED) is 0.903. The van der Waals surface area contributed by atoms with Crippen LogP contribution in [0, 0.1) is 6.92 Å². The van der Waals surface area contributed by atoms with Crippen LogP contribution >= 0.6 is 0 Å². The van der Waals surface area contributed by atoms with Crippen LogP contribution in [-0.2, 0) is 11.2 Å². The standard InChI is InChI=1S/C16H24N2O/c1-12-5-4-6-15(9-12)7-8-16(19)18-10-13(2)17-14(3)11-18/h4-6,9,13-14,17H,7-8,10-11H2,1-3H3/t13-,14-/m1/s1. The van der Waals surface area contributed by atoms with Gasteiger partial charge in [0.1, 0.15) is 0 Å². The number of piperazine rings is 1. The highest BCUT2D eigenvalue weighted by Gasteiger charge is 2.24. The van der Waals surface area contributed by atoms with Crippen molar-refractivity contribution in [1.82, 2.24) is 10.2 Å². The van der Waals surface area contributed by atoms with Gasteiger partial charge in [0.15, 0.2) is 0 Å². The Hall–Kier alpha value is -1.35. The molecule has 0 aliphatic carbocycles. The first kappa shape index (κ1) is 14.1. The molecule has 2 rings (SSSR count). The van der Waals surface area contributed by atoms with Crippen molar-refractivity contribution in [2.75, 3.05) is 13.1 Å². The number of carbonyl (C=O) groups excluding carboxylic acids is 1. The molecule has 1 heterocycles. The fraction of sp³-hybridized carbons (Fsp3) is 0.562. The largest absolute Gasteiger partial charge is 0.340 e. The van der Waals surface area contributed by atoms with Gasteiger partial charge in [0.25, 0.3) is 0 Å². The average molecular weight is 260 g/mol. The lowest BCUT2D eigenvalue weighted by atomic mass is 10.1. The van der Waals surface area contributed by atoms with E-state index in [9.17, 15) is 4.79 Å². The maximum Gasteiger partial charge on any atom is 0.223 e. The summed E-state index contributed by atoms with van der Waals surface area (Å²) in [6.07, 6.45) is 1.45. The summed E-state index contributed by atoms with van der Waals surface area (Å²) in [6, 6.07) is 9.20. The van der Waals surface area contributed by atoms with Crippen molar-refractivity contribution in [3.05, 3.63) is 35.4 Å². The number of rotatable bonds is 3. The van der Waals surface area contributed by atoms with Crippen LogP contribution in [0.3, 0.4) is 0 Å². The first-order valence-corrected chi connectivity index (χ1v) is 7.14. The lowest BCUT2D eigenvalue weighted by molar-refractivity contribution is -0.132. The molecule has 0 spiro atoms. The first-order valence-electron chi connectivity index (χ1n) is 7.14. The molecule has 1 aromatic rings. The summed E-state index contributed by atoms with van der Waals surface area (Å²) in [5.41, 5.74) is 2.51. The SMILES string of the molecule is Cc1cccc(CCC(=O)N2C[C@@H](C)N[C@H](C)C2)c1. The van der Waals surface area contributed by atoms with Crippen LogP contribution in [-0.4, -0.2) is 36.0 Å². The van der Waals surface area contributed by atoms with Crippen LogP contribution in [0.1, 0.15) is 31.4 Å². The molecule has 0 bridgehead atoms. The van der Waals surface area contributed by atoms with E-state index in [4.69, 9.17) is 0 Å². The predicted molar refractivity (Wildman–Crippen MR) is 78.1 cm³/mol. The summed E-state index contributed by atoms with van der Waals surface area (Å²) in [4.78, 5) is 14.2. The number of amides is 1. The van der Waals surface area contributed by atoms with Gasteiger partial charge in [0.2, 0.25) is 5.91 Å². The third-order valence-corrected chi connectivity index (χ3v) is 3.62. The van der Waals surface area contributed by atoms with E-state index < -0.39 is 0 Å². The molecule has 104 valence electrons.